The molecule has 0 saturated carbocycles. The lowest BCUT2D eigenvalue weighted by Gasteiger charge is -2.32. The van der Waals surface area contributed by atoms with Crippen molar-refractivity contribution in [3.05, 3.63) is 35.6 Å². The van der Waals surface area contributed by atoms with Crippen molar-refractivity contribution in [2.45, 2.75) is 24.1 Å². The molecule has 1 aromatic carbocycles. The second-order valence-corrected chi connectivity index (χ2v) is 8.31. The van der Waals surface area contributed by atoms with Gasteiger partial charge in [-0.05, 0) is 19.9 Å². The summed E-state index contributed by atoms with van der Waals surface area (Å²) in [6.07, 6.45) is 0. The molecule has 0 heterocycles. The normalized spacial score (nSPS) is 17.4. The van der Waals surface area contributed by atoms with E-state index < -0.39 is 38.3 Å². The number of nitrogens with zero attached hydrogens (tertiary/aromatic N) is 2. The highest BCUT2D eigenvalue weighted by Gasteiger charge is 2.41. The number of benzene rings is 1. The Balaban J connectivity index is 3.40. The Hall–Kier alpha value is -1.52. The standard InChI is InChI=1S/C14H19F2N3OS/c1-13(2,9-17)21(20,19-3)10-14(18,8-15)11-6-4-5-7-12(11)16/h4-7H,8,10,18H2,1-3H3/t14-,21-/m0/s1. The fourth-order valence-electron chi connectivity index (χ4n) is 1.95. The number of halogens is 2. The molecule has 21 heavy (non-hydrogen) atoms. The van der Waals surface area contributed by atoms with Crippen LogP contribution in [0.1, 0.15) is 19.4 Å². The molecule has 0 unspecified atom stereocenters. The summed E-state index contributed by atoms with van der Waals surface area (Å²) >= 11 is 0. The van der Waals surface area contributed by atoms with Crippen molar-refractivity contribution in [2.24, 2.45) is 10.1 Å². The van der Waals surface area contributed by atoms with Crippen molar-refractivity contribution in [3.63, 3.8) is 0 Å². The molecular formula is C14H19F2N3OS. The minimum atomic E-state index is -3.16. The minimum absolute atomic E-state index is 0.0717. The van der Waals surface area contributed by atoms with Gasteiger partial charge in [0.05, 0.1) is 27.1 Å². The SMILES string of the molecule is CN=[S@](=O)(C[C@@](N)(CF)c1ccccc1F)C(C)(C)C#N. The van der Waals surface area contributed by atoms with Gasteiger partial charge in [-0.1, -0.05) is 18.2 Å². The highest BCUT2D eigenvalue weighted by molar-refractivity contribution is 7.95. The first-order valence-corrected chi connectivity index (χ1v) is 7.98. The molecule has 1 aromatic rings. The average Bonchev–Trinajstić information content (AvgIpc) is 2.47. The summed E-state index contributed by atoms with van der Waals surface area (Å²) < 4.78 is 42.8. The third-order valence-corrected chi connectivity index (χ3v) is 6.65. The predicted molar refractivity (Wildman–Crippen MR) is 79.3 cm³/mol. The lowest BCUT2D eigenvalue weighted by Crippen LogP contribution is -2.49. The van der Waals surface area contributed by atoms with Crippen LogP contribution in [0.3, 0.4) is 0 Å². The Labute approximate surface area is 124 Å². The molecule has 0 spiro atoms. The fourth-order valence-corrected chi connectivity index (χ4v) is 3.97. The fraction of sp³-hybridized carbons (Fsp3) is 0.500. The molecule has 0 amide bonds. The predicted octanol–water partition coefficient (Wildman–Crippen LogP) is 2.35. The molecule has 0 radical (unpaired) electrons. The van der Waals surface area contributed by atoms with E-state index in [-0.39, 0.29) is 5.56 Å². The first-order chi connectivity index (χ1) is 9.65. The van der Waals surface area contributed by atoms with Crippen LogP contribution < -0.4 is 5.73 Å². The summed E-state index contributed by atoms with van der Waals surface area (Å²) in [4.78, 5) is 0. The summed E-state index contributed by atoms with van der Waals surface area (Å²) in [5.41, 5.74) is 4.10. The third-order valence-electron chi connectivity index (χ3n) is 3.46. The van der Waals surface area contributed by atoms with E-state index >= 15 is 0 Å². The van der Waals surface area contributed by atoms with E-state index in [1.165, 1.54) is 39.1 Å². The third kappa shape index (κ3) is 3.22. The maximum Gasteiger partial charge on any atom is 0.135 e. The molecule has 0 aliphatic carbocycles. The number of nitriles is 1. The number of nitrogens with two attached hydrogens (primary N) is 1. The van der Waals surface area contributed by atoms with Crippen molar-refractivity contribution in [2.75, 3.05) is 19.5 Å². The van der Waals surface area contributed by atoms with Gasteiger partial charge in [0.25, 0.3) is 0 Å². The topological polar surface area (TPSA) is 79.2 Å². The van der Waals surface area contributed by atoms with Gasteiger partial charge < -0.3 is 5.73 Å². The minimum Gasteiger partial charge on any atom is -0.318 e. The largest absolute Gasteiger partial charge is 0.318 e. The lowest BCUT2D eigenvalue weighted by atomic mass is 9.94. The van der Waals surface area contributed by atoms with Gasteiger partial charge in [-0.15, -0.1) is 0 Å². The van der Waals surface area contributed by atoms with E-state index in [4.69, 9.17) is 11.0 Å². The molecule has 4 nitrogen and oxygen atoms in total. The zero-order chi connectivity index (χ0) is 16.3. The first-order valence-electron chi connectivity index (χ1n) is 6.29. The second-order valence-electron chi connectivity index (χ2n) is 5.36. The van der Waals surface area contributed by atoms with Crippen LogP contribution in [0.25, 0.3) is 0 Å². The molecule has 0 bridgehead atoms. The molecule has 2 N–H and O–H groups in total. The Morgan fingerprint density at radius 2 is 2.00 bits per heavy atom. The van der Waals surface area contributed by atoms with Crippen molar-refractivity contribution in [1.82, 2.24) is 0 Å². The van der Waals surface area contributed by atoms with Crippen LogP contribution in [-0.4, -0.2) is 28.4 Å². The molecule has 2 atom stereocenters. The molecular weight excluding hydrogens is 296 g/mol. The van der Waals surface area contributed by atoms with E-state index in [0.29, 0.717) is 0 Å². The summed E-state index contributed by atoms with van der Waals surface area (Å²) in [5, 5.41) is 9.16. The van der Waals surface area contributed by atoms with Crippen LogP contribution in [0.5, 0.6) is 0 Å². The maximum absolute atomic E-state index is 13.9. The molecule has 0 fully saturated rings. The lowest BCUT2D eigenvalue weighted by molar-refractivity contribution is 0.328. The van der Waals surface area contributed by atoms with Crippen LogP contribution >= 0.6 is 0 Å². The van der Waals surface area contributed by atoms with Crippen LogP contribution in [-0.2, 0) is 15.3 Å². The van der Waals surface area contributed by atoms with Gasteiger partial charge in [0.2, 0.25) is 0 Å². The highest BCUT2D eigenvalue weighted by atomic mass is 32.2. The van der Waals surface area contributed by atoms with E-state index in [9.17, 15) is 13.0 Å². The Bertz CT molecular complexity index is 675. The molecule has 0 aromatic heterocycles. The quantitative estimate of drug-likeness (QED) is 0.906. The number of hydrogen-bond donors (Lipinski definition) is 1. The molecule has 1 rings (SSSR count). The van der Waals surface area contributed by atoms with Crippen molar-refractivity contribution >= 4 is 9.73 Å². The molecule has 7 heteroatoms. The van der Waals surface area contributed by atoms with Crippen LogP contribution in [0.2, 0.25) is 0 Å². The second kappa shape index (κ2) is 6.08. The first kappa shape index (κ1) is 17.5. The van der Waals surface area contributed by atoms with E-state index in [2.05, 4.69) is 4.36 Å². The van der Waals surface area contributed by atoms with E-state index in [0.717, 1.165) is 6.07 Å². The van der Waals surface area contributed by atoms with Crippen molar-refractivity contribution in [1.29, 1.82) is 5.26 Å². The van der Waals surface area contributed by atoms with Gasteiger partial charge >= 0.3 is 0 Å². The molecule has 116 valence electrons. The number of hydrogen-bond acceptors (Lipinski definition) is 4. The zero-order valence-electron chi connectivity index (χ0n) is 12.3. The number of rotatable bonds is 5. The monoisotopic (exact) mass is 315 g/mol. The van der Waals surface area contributed by atoms with Gasteiger partial charge in [0.15, 0.2) is 0 Å². The summed E-state index contributed by atoms with van der Waals surface area (Å²) in [7, 11) is -1.86. The molecule has 0 aliphatic heterocycles. The summed E-state index contributed by atoms with van der Waals surface area (Å²) in [6, 6.07) is 7.40. The Kier molecular flexibility index (Phi) is 5.07. The number of alkyl halides is 1. The van der Waals surface area contributed by atoms with Crippen molar-refractivity contribution < 1.29 is 13.0 Å². The van der Waals surface area contributed by atoms with Gasteiger partial charge in [-0.2, -0.15) is 5.26 Å². The van der Waals surface area contributed by atoms with Gasteiger partial charge in [0.1, 0.15) is 17.2 Å². The van der Waals surface area contributed by atoms with Gasteiger partial charge in [0, 0.05) is 12.6 Å². The Morgan fingerprint density at radius 3 is 2.43 bits per heavy atom. The van der Waals surface area contributed by atoms with Crippen LogP contribution in [0.4, 0.5) is 8.78 Å². The van der Waals surface area contributed by atoms with Gasteiger partial charge in [-0.25, -0.2) is 17.4 Å². The smallest absolute Gasteiger partial charge is 0.135 e. The van der Waals surface area contributed by atoms with E-state index in [1.54, 1.807) is 0 Å². The highest BCUT2D eigenvalue weighted by Crippen LogP contribution is 2.29. The average molecular weight is 315 g/mol. The maximum atomic E-state index is 13.9. The molecule has 0 saturated heterocycles. The zero-order valence-corrected chi connectivity index (χ0v) is 13.1. The van der Waals surface area contributed by atoms with Crippen LogP contribution in [0, 0.1) is 17.1 Å². The van der Waals surface area contributed by atoms with Crippen molar-refractivity contribution in [3.8, 4) is 6.07 Å². The van der Waals surface area contributed by atoms with Gasteiger partial charge in [-0.3, -0.25) is 0 Å². The summed E-state index contributed by atoms with van der Waals surface area (Å²) in [6.45, 7) is 1.78. The molecule has 0 aliphatic rings. The van der Waals surface area contributed by atoms with E-state index in [1.807, 2.05) is 6.07 Å². The summed E-state index contributed by atoms with van der Waals surface area (Å²) in [5.74, 6) is -1.11. The Morgan fingerprint density at radius 1 is 1.43 bits per heavy atom. The van der Waals surface area contributed by atoms with Crippen LogP contribution in [0.15, 0.2) is 28.6 Å².